The van der Waals surface area contributed by atoms with Gasteiger partial charge in [0.05, 0.1) is 27.8 Å². The first-order valence-electron chi connectivity index (χ1n) is 24.5. The number of rotatable bonds is 6. The summed E-state index contributed by atoms with van der Waals surface area (Å²) in [4.78, 5) is 16.4. The maximum absolute atomic E-state index is 5.59. The molecule has 0 unspecified atom stereocenters. The summed E-state index contributed by atoms with van der Waals surface area (Å²) < 4.78 is 4.84. The van der Waals surface area contributed by atoms with E-state index >= 15 is 0 Å². The monoisotopic (exact) mass is 915 g/mol. The first-order chi connectivity index (χ1) is 35.7. The Bertz CT molecular complexity index is 4580. The molecule has 0 fully saturated rings. The highest BCUT2D eigenvalue weighted by molar-refractivity contribution is 6.19. The van der Waals surface area contributed by atoms with Crippen LogP contribution in [0.4, 0.5) is 0 Å². The predicted octanol–water partition coefficient (Wildman–Crippen LogP) is 17.3. The van der Waals surface area contributed by atoms with Crippen LogP contribution in [-0.4, -0.2) is 24.1 Å². The SMILES string of the molecule is c1ccc(-c2nc(-c3ccc4c(c3)c3ccccc3n4-c3ccccc3)nc(-c3c(-c4cccc5ccccc45)cc(-n4c5cc6ccccc6cc5c5cc6ccccc6cc54)c4ccccc34)n2)cc1. The quantitative estimate of drug-likeness (QED) is 0.167. The van der Waals surface area contributed by atoms with Crippen LogP contribution in [0.25, 0.3) is 143 Å². The van der Waals surface area contributed by atoms with Gasteiger partial charge in [0.15, 0.2) is 17.5 Å². The molecular formula is C67H41N5. The van der Waals surface area contributed by atoms with Gasteiger partial charge in [-0.25, -0.2) is 15.0 Å². The number of hydrogen-bond acceptors (Lipinski definition) is 3. The van der Waals surface area contributed by atoms with E-state index in [2.05, 4.69) is 240 Å². The molecule has 334 valence electrons. The van der Waals surface area contributed by atoms with Gasteiger partial charge in [0, 0.05) is 49.3 Å². The molecule has 0 amide bonds. The highest BCUT2D eigenvalue weighted by Crippen LogP contribution is 2.46. The molecule has 3 heterocycles. The summed E-state index contributed by atoms with van der Waals surface area (Å²) in [5, 5.41) is 14.0. The number of nitrogens with zero attached hydrogens (tertiary/aromatic N) is 5. The average molecular weight is 916 g/mol. The summed E-state index contributed by atoms with van der Waals surface area (Å²) in [6.07, 6.45) is 0. The van der Waals surface area contributed by atoms with Gasteiger partial charge in [0.25, 0.3) is 0 Å². The van der Waals surface area contributed by atoms with Gasteiger partial charge >= 0.3 is 0 Å². The topological polar surface area (TPSA) is 48.5 Å². The van der Waals surface area contributed by atoms with E-state index in [0.29, 0.717) is 17.5 Å². The number of aromatic nitrogens is 5. The van der Waals surface area contributed by atoms with Gasteiger partial charge in [0.2, 0.25) is 0 Å². The van der Waals surface area contributed by atoms with E-state index in [1.165, 1.54) is 37.7 Å². The van der Waals surface area contributed by atoms with Crippen LogP contribution in [0.3, 0.4) is 0 Å². The molecule has 0 saturated carbocycles. The minimum absolute atomic E-state index is 0.607. The van der Waals surface area contributed by atoms with E-state index in [9.17, 15) is 0 Å². The third-order valence-electron chi connectivity index (χ3n) is 14.7. The number of para-hydroxylation sites is 2. The van der Waals surface area contributed by atoms with Gasteiger partial charge in [-0.15, -0.1) is 0 Å². The summed E-state index contributed by atoms with van der Waals surface area (Å²) in [6, 6.07) is 89.5. The maximum Gasteiger partial charge on any atom is 0.165 e. The normalized spacial score (nSPS) is 11.9. The van der Waals surface area contributed by atoms with Gasteiger partial charge in [-0.2, -0.15) is 0 Å². The zero-order valence-electron chi connectivity index (χ0n) is 38.9. The Hall–Kier alpha value is -9.71. The second-order valence-electron chi connectivity index (χ2n) is 18.8. The first kappa shape index (κ1) is 40.2. The molecule has 0 N–H and O–H groups in total. The minimum atomic E-state index is 0.607. The lowest BCUT2D eigenvalue weighted by Gasteiger charge is -2.20. The second-order valence-corrected chi connectivity index (χ2v) is 18.8. The molecule has 0 aliphatic heterocycles. The summed E-state index contributed by atoms with van der Waals surface area (Å²) in [7, 11) is 0. The molecule has 12 aromatic carbocycles. The molecule has 0 bridgehead atoms. The smallest absolute Gasteiger partial charge is 0.165 e. The first-order valence-corrected chi connectivity index (χ1v) is 24.5. The summed E-state index contributed by atoms with van der Waals surface area (Å²) in [6.45, 7) is 0. The van der Waals surface area contributed by atoms with Gasteiger partial charge in [0.1, 0.15) is 0 Å². The maximum atomic E-state index is 5.59. The van der Waals surface area contributed by atoms with Crippen LogP contribution in [0.15, 0.2) is 249 Å². The highest BCUT2D eigenvalue weighted by Gasteiger charge is 2.25. The largest absolute Gasteiger partial charge is 0.309 e. The van der Waals surface area contributed by atoms with Crippen molar-refractivity contribution in [1.82, 2.24) is 24.1 Å². The van der Waals surface area contributed by atoms with Crippen LogP contribution in [0.2, 0.25) is 0 Å². The average Bonchev–Trinajstić information content (AvgIpc) is 3.94. The molecule has 0 aliphatic rings. The Labute approximate surface area is 414 Å². The van der Waals surface area contributed by atoms with Crippen molar-refractivity contribution in [3.8, 4) is 56.7 Å². The Balaban J connectivity index is 1.05. The fraction of sp³-hybridized carbons (Fsp3) is 0. The molecule has 5 nitrogen and oxygen atoms in total. The predicted molar refractivity (Wildman–Crippen MR) is 300 cm³/mol. The summed E-state index contributed by atoms with van der Waals surface area (Å²) >= 11 is 0. The van der Waals surface area contributed by atoms with E-state index in [4.69, 9.17) is 15.0 Å². The molecule has 0 atom stereocenters. The minimum Gasteiger partial charge on any atom is -0.309 e. The Morgan fingerprint density at radius 3 is 1.44 bits per heavy atom. The molecule has 0 aliphatic carbocycles. The molecule has 15 rings (SSSR count). The fourth-order valence-corrected chi connectivity index (χ4v) is 11.4. The van der Waals surface area contributed by atoms with Crippen molar-refractivity contribution in [3.05, 3.63) is 249 Å². The van der Waals surface area contributed by atoms with Crippen molar-refractivity contribution in [3.63, 3.8) is 0 Å². The van der Waals surface area contributed by atoms with Gasteiger partial charge < -0.3 is 9.13 Å². The van der Waals surface area contributed by atoms with Gasteiger partial charge in [-0.05, 0) is 116 Å². The van der Waals surface area contributed by atoms with E-state index in [1.807, 2.05) is 18.2 Å². The highest BCUT2D eigenvalue weighted by atomic mass is 15.0. The van der Waals surface area contributed by atoms with Crippen molar-refractivity contribution in [2.75, 3.05) is 0 Å². The zero-order valence-corrected chi connectivity index (χ0v) is 38.9. The molecule has 0 spiro atoms. The van der Waals surface area contributed by atoms with Crippen LogP contribution in [0.5, 0.6) is 0 Å². The number of hydrogen-bond donors (Lipinski definition) is 0. The van der Waals surface area contributed by atoms with E-state index in [0.717, 1.165) is 88.2 Å². The molecule has 5 heteroatoms. The van der Waals surface area contributed by atoms with E-state index in [1.54, 1.807) is 0 Å². The van der Waals surface area contributed by atoms with Crippen LogP contribution in [0, 0.1) is 0 Å². The molecule has 0 radical (unpaired) electrons. The lowest BCUT2D eigenvalue weighted by atomic mass is 9.89. The van der Waals surface area contributed by atoms with Crippen LogP contribution in [-0.2, 0) is 0 Å². The van der Waals surface area contributed by atoms with Crippen LogP contribution in [0.1, 0.15) is 0 Å². The van der Waals surface area contributed by atoms with Crippen molar-refractivity contribution in [2.45, 2.75) is 0 Å². The lowest BCUT2D eigenvalue weighted by Crippen LogP contribution is -2.04. The fourth-order valence-electron chi connectivity index (χ4n) is 11.4. The third kappa shape index (κ3) is 6.24. The molecule has 3 aromatic heterocycles. The van der Waals surface area contributed by atoms with Crippen molar-refractivity contribution in [2.24, 2.45) is 0 Å². The standard InChI is InChI=1S/C67H41N5/c1-3-19-43(20-4-1)65-68-66(48-34-35-60-55(38-48)53-30-15-16-33-59(53)71(60)49-26-5-2-6-27-49)70-67(69-65)64-54-31-14-13-29-52(54)63(41-58(64)51-32-17-25-42-18-11-12-28-50(42)51)72-61-39-46-23-9-7-21-44(46)36-56(61)57-37-45-22-8-10-24-47(45)40-62(57)72/h1-41H. The van der Waals surface area contributed by atoms with Crippen LogP contribution < -0.4 is 0 Å². The zero-order chi connectivity index (χ0) is 47.3. The summed E-state index contributed by atoms with van der Waals surface area (Å²) in [5.41, 5.74) is 11.7. The molecule has 72 heavy (non-hydrogen) atoms. The van der Waals surface area contributed by atoms with Gasteiger partial charge in [-0.3, -0.25) is 0 Å². The van der Waals surface area contributed by atoms with Crippen molar-refractivity contribution in [1.29, 1.82) is 0 Å². The molecular weight excluding hydrogens is 875 g/mol. The summed E-state index contributed by atoms with van der Waals surface area (Å²) in [5.74, 6) is 1.83. The number of benzene rings is 12. The Morgan fingerprint density at radius 1 is 0.250 bits per heavy atom. The molecule has 0 saturated heterocycles. The van der Waals surface area contributed by atoms with Crippen molar-refractivity contribution >= 4 is 86.7 Å². The van der Waals surface area contributed by atoms with Crippen molar-refractivity contribution < 1.29 is 0 Å². The Morgan fingerprint density at radius 2 is 0.750 bits per heavy atom. The second kappa shape index (κ2) is 15.9. The third-order valence-corrected chi connectivity index (χ3v) is 14.7. The Kier molecular flexibility index (Phi) is 8.89. The molecule has 15 aromatic rings. The lowest BCUT2D eigenvalue weighted by molar-refractivity contribution is 1.08. The van der Waals surface area contributed by atoms with E-state index < -0.39 is 0 Å². The van der Waals surface area contributed by atoms with Gasteiger partial charge in [-0.1, -0.05) is 182 Å². The van der Waals surface area contributed by atoms with E-state index in [-0.39, 0.29) is 0 Å². The number of fused-ring (bicyclic) bond motifs is 10. The van der Waals surface area contributed by atoms with Crippen LogP contribution >= 0.6 is 0 Å².